The van der Waals surface area contributed by atoms with Gasteiger partial charge >= 0.3 is 0 Å². The minimum atomic E-state index is -0.102. The van der Waals surface area contributed by atoms with Gasteiger partial charge in [-0.1, -0.05) is 24.3 Å². The lowest BCUT2D eigenvalue weighted by Crippen LogP contribution is -2.25. The summed E-state index contributed by atoms with van der Waals surface area (Å²) in [4.78, 5) is 18.7. The number of hydrogen-bond acceptors (Lipinski definition) is 3. The molecule has 1 N–H and O–H groups in total. The van der Waals surface area contributed by atoms with Crippen LogP contribution in [0.5, 0.6) is 0 Å². The van der Waals surface area contributed by atoms with Crippen molar-refractivity contribution in [2.75, 3.05) is 13.1 Å². The molecule has 1 amide bonds. The zero-order valence-electron chi connectivity index (χ0n) is 13.0. The molecule has 1 aromatic heterocycles. The van der Waals surface area contributed by atoms with Crippen LogP contribution >= 0.6 is 15.9 Å². The van der Waals surface area contributed by atoms with Crippen molar-refractivity contribution in [1.82, 2.24) is 15.2 Å². The SMILES string of the molecule is O=C(NCc1ccccc1CN1CCCC1)c1cncc(Br)c1. The van der Waals surface area contributed by atoms with Crippen LogP contribution in [0.3, 0.4) is 0 Å². The summed E-state index contributed by atoms with van der Waals surface area (Å²) in [5.74, 6) is -0.102. The van der Waals surface area contributed by atoms with E-state index in [0.29, 0.717) is 12.1 Å². The van der Waals surface area contributed by atoms with Crippen LogP contribution in [0.1, 0.15) is 34.3 Å². The molecule has 23 heavy (non-hydrogen) atoms. The van der Waals surface area contributed by atoms with Crippen molar-refractivity contribution in [1.29, 1.82) is 0 Å². The number of rotatable bonds is 5. The molecule has 1 aliphatic heterocycles. The molecule has 0 spiro atoms. The molecule has 1 fully saturated rings. The van der Waals surface area contributed by atoms with Gasteiger partial charge in [-0.2, -0.15) is 0 Å². The summed E-state index contributed by atoms with van der Waals surface area (Å²) in [5, 5.41) is 2.99. The Morgan fingerprint density at radius 2 is 1.91 bits per heavy atom. The Morgan fingerprint density at radius 1 is 1.17 bits per heavy atom. The summed E-state index contributed by atoms with van der Waals surface area (Å²) >= 11 is 3.34. The first kappa shape index (κ1) is 16.1. The molecule has 1 aromatic carbocycles. The number of nitrogens with zero attached hydrogens (tertiary/aromatic N) is 2. The predicted molar refractivity (Wildman–Crippen MR) is 94.1 cm³/mol. The molecule has 4 nitrogen and oxygen atoms in total. The maximum absolute atomic E-state index is 12.2. The van der Waals surface area contributed by atoms with Crippen LogP contribution in [0.15, 0.2) is 47.2 Å². The number of likely N-dealkylation sites (tertiary alicyclic amines) is 1. The van der Waals surface area contributed by atoms with Gasteiger partial charge in [0.05, 0.1) is 5.56 Å². The number of hydrogen-bond donors (Lipinski definition) is 1. The maximum atomic E-state index is 12.2. The minimum absolute atomic E-state index is 0.102. The first-order chi connectivity index (χ1) is 11.2. The van der Waals surface area contributed by atoms with Crippen LogP contribution in [0.25, 0.3) is 0 Å². The third-order valence-corrected chi connectivity index (χ3v) is 4.55. The number of benzene rings is 1. The quantitative estimate of drug-likeness (QED) is 0.873. The molecular weight excluding hydrogens is 354 g/mol. The Hall–Kier alpha value is -1.72. The fourth-order valence-electron chi connectivity index (χ4n) is 2.88. The number of pyridine rings is 1. The number of aromatic nitrogens is 1. The predicted octanol–water partition coefficient (Wildman–Crippen LogP) is 3.37. The molecule has 0 aliphatic carbocycles. The van der Waals surface area contributed by atoms with E-state index in [2.05, 4.69) is 49.3 Å². The molecule has 1 aliphatic rings. The van der Waals surface area contributed by atoms with Gasteiger partial charge in [-0.15, -0.1) is 0 Å². The number of amides is 1. The standard InChI is InChI=1S/C18H20BrN3O/c19-17-9-16(10-20-12-17)18(23)21-11-14-5-1-2-6-15(14)13-22-7-3-4-8-22/h1-2,5-6,9-10,12H,3-4,7-8,11,13H2,(H,21,23). The van der Waals surface area contributed by atoms with Gasteiger partial charge in [0, 0.05) is 30.0 Å². The topological polar surface area (TPSA) is 45.2 Å². The van der Waals surface area contributed by atoms with Crippen molar-refractivity contribution in [2.45, 2.75) is 25.9 Å². The Morgan fingerprint density at radius 3 is 2.65 bits per heavy atom. The largest absolute Gasteiger partial charge is 0.348 e. The van der Waals surface area contributed by atoms with Crippen LogP contribution in [0.4, 0.5) is 0 Å². The zero-order chi connectivity index (χ0) is 16.1. The van der Waals surface area contributed by atoms with Crippen molar-refractivity contribution < 1.29 is 4.79 Å². The highest BCUT2D eigenvalue weighted by Gasteiger charge is 2.14. The summed E-state index contributed by atoms with van der Waals surface area (Å²) in [6.45, 7) is 3.84. The van der Waals surface area contributed by atoms with Gasteiger partial charge in [-0.3, -0.25) is 14.7 Å². The first-order valence-electron chi connectivity index (χ1n) is 7.90. The van der Waals surface area contributed by atoms with E-state index in [-0.39, 0.29) is 5.91 Å². The van der Waals surface area contributed by atoms with E-state index >= 15 is 0 Å². The van der Waals surface area contributed by atoms with Crippen molar-refractivity contribution >= 4 is 21.8 Å². The number of halogens is 1. The van der Waals surface area contributed by atoms with E-state index in [9.17, 15) is 4.79 Å². The molecular formula is C18H20BrN3O. The molecule has 3 rings (SSSR count). The fourth-order valence-corrected chi connectivity index (χ4v) is 3.24. The van der Waals surface area contributed by atoms with Crippen LogP contribution < -0.4 is 5.32 Å². The Bertz CT molecular complexity index is 683. The number of carbonyl (C=O) groups excluding carboxylic acids is 1. The zero-order valence-corrected chi connectivity index (χ0v) is 14.6. The van der Waals surface area contributed by atoms with E-state index in [0.717, 1.165) is 11.0 Å². The van der Waals surface area contributed by atoms with Gasteiger partial charge in [0.25, 0.3) is 5.91 Å². The molecule has 2 heterocycles. The van der Waals surface area contributed by atoms with Crippen molar-refractivity contribution in [3.8, 4) is 0 Å². The average molecular weight is 374 g/mol. The highest BCUT2D eigenvalue weighted by Crippen LogP contribution is 2.16. The molecule has 0 atom stereocenters. The Labute approximate surface area is 145 Å². The van der Waals surface area contributed by atoms with E-state index < -0.39 is 0 Å². The molecule has 120 valence electrons. The maximum Gasteiger partial charge on any atom is 0.253 e. The van der Waals surface area contributed by atoms with Crippen LogP contribution in [-0.2, 0) is 13.1 Å². The Kier molecular flexibility index (Phi) is 5.41. The second-order valence-corrected chi connectivity index (χ2v) is 6.74. The van der Waals surface area contributed by atoms with Crippen LogP contribution in [-0.4, -0.2) is 28.9 Å². The lowest BCUT2D eigenvalue weighted by Gasteiger charge is -2.17. The molecule has 0 saturated carbocycles. The Balaban J connectivity index is 1.64. The molecule has 0 bridgehead atoms. The first-order valence-corrected chi connectivity index (χ1v) is 8.69. The lowest BCUT2D eigenvalue weighted by molar-refractivity contribution is 0.0950. The van der Waals surface area contributed by atoms with Gasteiger partial charge in [-0.05, 0) is 59.1 Å². The normalized spacial score (nSPS) is 14.8. The highest BCUT2D eigenvalue weighted by molar-refractivity contribution is 9.10. The summed E-state index contributed by atoms with van der Waals surface area (Å²) in [7, 11) is 0. The average Bonchev–Trinajstić information content (AvgIpc) is 3.07. The van der Waals surface area contributed by atoms with Crippen molar-refractivity contribution in [2.24, 2.45) is 0 Å². The monoisotopic (exact) mass is 373 g/mol. The van der Waals surface area contributed by atoms with Crippen LogP contribution in [0.2, 0.25) is 0 Å². The summed E-state index contributed by atoms with van der Waals surface area (Å²) < 4.78 is 0.805. The minimum Gasteiger partial charge on any atom is -0.348 e. The van der Waals surface area contributed by atoms with E-state index in [1.165, 1.54) is 37.1 Å². The fraction of sp³-hybridized carbons (Fsp3) is 0.333. The molecule has 0 unspecified atom stereocenters. The second-order valence-electron chi connectivity index (χ2n) is 5.83. The van der Waals surface area contributed by atoms with Crippen LogP contribution in [0, 0.1) is 0 Å². The van der Waals surface area contributed by atoms with E-state index in [1.807, 2.05) is 6.07 Å². The third kappa shape index (κ3) is 4.39. The molecule has 2 aromatic rings. The van der Waals surface area contributed by atoms with Gasteiger partial charge < -0.3 is 5.32 Å². The van der Waals surface area contributed by atoms with E-state index in [4.69, 9.17) is 0 Å². The van der Waals surface area contributed by atoms with Gasteiger partial charge in [0.2, 0.25) is 0 Å². The third-order valence-electron chi connectivity index (χ3n) is 4.12. The smallest absolute Gasteiger partial charge is 0.253 e. The lowest BCUT2D eigenvalue weighted by atomic mass is 10.1. The summed E-state index contributed by atoms with van der Waals surface area (Å²) in [5.41, 5.74) is 3.04. The molecule has 0 radical (unpaired) electrons. The van der Waals surface area contributed by atoms with E-state index in [1.54, 1.807) is 18.5 Å². The van der Waals surface area contributed by atoms with Crippen molar-refractivity contribution in [3.63, 3.8) is 0 Å². The molecule has 1 saturated heterocycles. The van der Waals surface area contributed by atoms with Gasteiger partial charge in [-0.25, -0.2) is 0 Å². The molecule has 5 heteroatoms. The summed E-state index contributed by atoms with van der Waals surface area (Å²) in [6, 6.07) is 10.1. The van der Waals surface area contributed by atoms with Gasteiger partial charge in [0.15, 0.2) is 0 Å². The highest BCUT2D eigenvalue weighted by atomic mass is 79.9. The summed E-state index contributed by atoms with van der Waals surface area (Å²) in [6.07, 6.45) is 5.82. The second kappa shape index (κ2) is 7.70. The number of nitrogens with one attached hydrogen (secondary N) is 1. The van der Waals surface area contributed by atoms with Gasteiger partial charge in [0.1, 0.15) is 0 Å². The number of carbonyl (C=O) groups is 1. The van der Waals surface area contributed by atoms with Crippen molar-refractivity contribution in [3.05, 3.63) is 63.9 Å².